The number of halogens is 2. The van der Waals surface area contributed by atoms with Crippen LogP contribution >= 0.6 is 31.9 Å². The molecule has 0 aliphatic carbocycles. The van der Waals surface area contributed by atoms with Crippen molar-refractivity contribution in [3.8, 4) is 11.1 Å². The van der Waals surface area contributed by atoms with E-state index in [1.54, 1.807) is 0 Å². The van der Waals surface area contributed by atoms with Gasteiger partial charge in [0.25, 0.3) is 5.56 Å². The number of oxime groups is 1. The number of rotatable bonds is 3. The van der Waals surface area contributed by atoms with Gasteiger partial charge >= 0.3 is 0 Å². The fourth-order valence-electron chi connectivity index (χ4n) is 3.83. The SMILES string of the molecule is O=c1[nH]c2ccc(Br)cc2c(-c2ccccc2)c1C1=NO[C@@H](c2ccc(Br)cc2)C1. The van der Waals surface area contributed by atoms with E-state index in [9.17, 15) is 4.79 Å². The molecule has 3 aromatic carbocycles. The highest BCUT2D eigenvalue weighted by Crippen LogP contribution is 2.36. The molecular weight excluding hydrogens is 508 g/mol. The minimum Gasteiger partial charge on any atom is -0.387 e. The zero-order chi connectivity index (χ0) is 20.7. The summed E-state index contributed by atoms with van der Waals surface area (Å²) in [5.41, 5.74) is 4.71. The Balaban J connectivity index is 1.67. The zero-order valence-electron chi connectivity index (χ0n) is 15.7. The molecule has 1 aromatic heterocycles. The maximum Gasteiger partial charge on any atom is 0.258 e. The Kier molecular flexibility index (Phi) is 5.05. The second-order valence-corrected chi connectivity index (χ2v) is 8.98. The van der Waals surface area contributed by atoms with Gasteiger partial charge in [-0.3, -0.25) is 4.79 Å². The first-order chi connectivity index (χ1) is 14.6. The van der Waals surface area contributed by atoms with E-state index >= 15 is 0 Å². The molecule has 0 saturated heterocycles. The van der Waals surface area contributed by atoms with Crippen LogP contribution in [0.3, 0.4) is 0 Å². The molecule has 0 radical (unpaired) electrons. The Labute approximate surface area is 189 Å². The normalized spacial score (nSPS) is 15.8. The van der Waals surface area contributed by atoms with Crippen molar-refractivity contribution < 1.29 is 4.84 Å². The fraction of sp³-hybridized carbons (Fsp3) is 0.0833. The number of benzene rings is 3. The summed E-state index contributed by atoms with van der Waals surface area (Å²) >= 11 is 7.02. The molecule has 2 heterocycles. The quantitative estimate of drug-likeness (QED) is 0.329. The van der Waals surface area contributed by atoms with Gasteiger partial charge in [0.1, 0.15) is 0 Å². The first-order valence-corrected chi connectivity index (χ1v) is 11.1. The van der Waals surface area contributed by atoms with Crippen molar-refractivity contribution in [2.75, 3.05) is 0 Å². The van der Waals surface area contributed by atoms with Crippen molar-refractivity contribution in [3.63, 3.8) is 0 Å². The molecule has 0 unspecified atom stereocenters. The number of H-pyrrole nitrogens is 1. The standard InChI is InChI=1S/C24H16Br2N2O2/c25-16-8-6-14(7-9-16)21-13-20(28-30-21)23-22(15-4-2-1-3-5-15)18-12-17(26)10-11-19(18)27-24(23)29/h1-12,21H,13H2,(H,27,29)/t21-/m1/s1. The molecule has 6 heteroatoms. The molecule has 0 saturated carbocycles. The van der Waals surface area contributed by atoms with Crippen LogP contribution in [0.25, 0.3) is 22.0 Å². The van der Waals surface area contributed by atoms with Crippen LogP contribution in [-0.2, 0) is 4.84 Å². The third-order valence-electron chi connectivity index (χ3n) is 5.24. The highest BCUT2D eigenvalue weighted by Gasteiger charge is 2.28. The Hall–Kier alpha value is -2.70. The zero-order valence-corrected chi connectivity index (χ0v) is 18.9. The summed E-state index contributed by atoms with van der Waals surface area (Å²) in [7, 11) is 0. The molecule has 1 atom stereocenters. The molecule has 0 amide bonds. The van der Waals surface area contributed by atoms with Crippen LogP contribution in [0.1, 0.15) is 23.7 Å². The minimum absolute atomic E-state index is 0.164. The van der Waals surface area contributed by atoms with Crippen molar-refractivity contribution in [2.24, 2.45) is 5.16 Å². The van der Waals surface area contributed by atoms with Gasteiger partial charge in [0.2, 0.25) is 0 Å². The lowest BCUT2D eigenvalue weighted by Gasteiger charge is -2.13. The van der Waals surface area contributed by atoms with Crippen LogP contribution in [0.2, 0.25) is 0 Å². The van der Waals surface area contributed by atoms with Crippen LogP contribution in [0.5, 0.6) is 0 Å². The van der Waals surface area contributed by atoms with Gasteiger partial charge in [0.15, 0.2) is 6.10 Å². The minimum atomic E-state index is -0.214. The van der Waals surface area contributed by atoms with E-state index < -0.39 is 0 Å². The van der Waals surface area contributed by atoms with E-state index in [4.69, 9.17) is 4.84 Å². The van der Waals surface area contributed by atoms with Gasteiger partial charge in [-0.25, -0.2) is 0 Å². The van der Waals surface area contributed by atoms with Crippen LogP contribution < -0.4 is 5.56 Å². The van der Waals surface area contributed by atoms with Crippen LogP contribution in [0, 0.1) is 0 Å². The van der Waals surface area contributed by atoms with E-state index in [0.717, 1.165) is 36.5 Å². The van der Waals surface area contributed by atoms with Crippen molar-refractivity contribution in [3.05, 3.63) is 103 Å². The molecule has 1 aliphatic rings. The largest absolute Gasteiger partial charge is 0.387 e. The van der Waals surface area contributed by atoms with Gasteiger partial charge in [0.05, 0.1) is 11.3 Å². The van der Waals surface area contributed by atoms with Crippen molar-refractivity contribution in [1.82, 2.24) is 4.98 Å². The molecule has 1 aliphatic heterocycles. The molecule has 5 rings (SSSR count). The monoisotopic (exact) mass is 522 g/mol. The lowest BCUT2D eigenvalue weighted by atomic mass is 9.91. The molecule has 0 bridgehead atoms. The molecule has 0 fully saturated rings. The average molecular weight is 524 g/mol. The van der Waals surface area contributed by atoms with Gasteiger partial charge in [-0.05, 0) is 41.5 Å². The summed E-state index contributed by atoms with van der Waals surface area (Å²) in [6.07, 6.45) is 0.318. The van der Waals surface area contributed by atoms with Crippen molar-refractivity contribution in [2.45, 2.75) is 12.5 Å². The summed E-state index contributed by atoms with van der Waals surface area (Å²) in [5, 5.41) is 5.29. The fourth-order valence-corrected chi connectivity index (χ4v) is 4.45. The number of hydrogen-bond acceptors (Lipinski definition) is 3. The third-order valence-corrected chi connectivity index (χ3v) is 6.26. The van der Waals surface area contributed by atoms with Gasteiger partial charge in [0, 0.05) is 31.8 Å². The molecule has 1 N–H and O–H groups in total. The Morgan fingerprint density at radius 3 is 2.40 bits per heavy atom. The topological polar surface area (TPSA) is 54.5 Å². The predicted octanol–water partition coefficient (Wildman–Crippen LogP) is 6.59. The number of aromatic nitrogens is 1. The first-order valence-electron chi connectivity index (χ1n) is 9.49. The van der Waals surface area contributed by atoms with E-state index in [0.29, 0.717) is 17.7 Å². The van der Waals surface area contributed by atoms with Crippen LogP contribution in [-0.4, -0.2) is 10.7 Å². The summed E-state index contributed by atoms with van der Waals surface area (Å²) < 4.78 is 1.95. The van der Waals surface area contributed by atoms with Gasteiger partial charge in [-0.2, -0.15) is 0 Å². The van der Waals surface area contributed by atoms with Gasteiger partial charge in [-0.15, -0.1) is 0 Å². The Morgan fingerprint density at radius 1 is 0.900 bits per heavy atom. The second kappa shape index (κ2) is 7.85. The molecule has 30 heavy (non-hydrogen) atoms. The summed E-state index contributed by atoms with van der Waals surface area (Å²) in [6, 6.07) is 23.8. The van der Waals surface area contributed by atoms with E-state index in [1.165, 1.54) is 0 Å². The maximum absolute atomic E-state index is 13.2. The van der Waals surface area contributed by atoms with Gasteiger partial charge < -0.3 is 9.82 Å². The molecule has 0 spiro atoms. The summed E-state index contributed by atoms with van der Waals surface area (Å²) in [4.78, 5) is 21.9. The van der Waals surface area contributed by atoms with E-state index in [-0.39, 0.29) is 11.7 Å². The summed E-state index contributed by atoms with van der Waals surface area (Å²) in [6.45, 7) is 0. The van der Waals surface area contributed by atoms with Crippen LogP contribution in [0.4, 0.5) is 0 Å². The Bertz CT molecular complexity index is 1330. The van der Waals surface area contributed by atoms with Crippen LogP contribution in [0.15, 0.2) is 91.7 Å². The first kappa shape index (κ1) is 19.3. The average Bonchev–Trinajstić information content (AvgIpc) is 3.24. The molecular formula is C24H16Br2N2O2. The number of hydrogen-bond donors (Lipinski definition) is 1. The highest BCUT2D eigenvalue weighted by atomic mass is 79.9. The third kappa shape index (κ3) is 3.50. The predicted molar refractivity (Wildman–Crippen MR) is 127 cm³/mol. The van der Waals surface area contributed by atoms with Crippen molar-refractivity contribution >= 4 is 48.5 Å². The van der Waals surface area contributed by atoms with Crippen molar-refractivity contribution in [1.29, 1.82) is 0 Å². The van der Waals surface area contributed by atoms with Gasteiger partial charge in [-0.1, -0.05) is 79.5 Å². The highest BCUT2D eigenvalue weighted by molar-refractivity contribution is 9.10. The smallest absolute Gasteiger partial charge is 0.258 e. The number of aromatic amines is 1. The lowest BCUT2D eigenvalue weighted by Crippen LogP contribution is -2.20. The summed E-state index contributed by atoms with van der Waals surface area (Å²) in [5.74, 6) is 0. The maximum atomic E-state index is 13.2. The molecule has 4 aromatic rings. The lowest BCUT2D eigenvalue weighted by molar-refractivity contribution is 0.0857. The molecule has 4 nitrogen and oxygen atoms in total. The van der Waals surface area contributed by atoms with E-state index in [1.807, 2.05) is 72.8 Å². The molecule has 148 valence electrons. The Morgan fingerprint density at radius 2 is 1.63 bits per heavy atom. The second-order valence-electron chi connectivity index (χ2n) is 7.15. The van der Waals surface area contributed by atoms with E-state index in [2.05, 4.69) is 42.0 Å². The number of nitrogens with zero attached hydrogens (tertiary/aromatic N) is 1. The number of pyridine rings is 1. The number of nitrogens with one attached hydrogen (secondary N) is 1. The number of fused-ring (bicyclic) bond motifs is 1.